The van der Waals surface area contributed by atoms with E-state index in [0.29, 0.717) is 12.5 Å². The standard InChI is InChI=1S/C27H34N2O5/c1-17(2)12-19(14-26(31)32)15-28-25(30)13-18(3)29-27(33)34-16-24-22-10-6-4-8-20(22)21-9-5-7-11-23(21)24/h4-11,17-19,24H,12-16H2,1-3H3,(H,28,30)(H,29,33)(H,31,32)/t18-,19?/m0/s1. The van der Waals surface area contributed by atoms with Crippen molar-refractivity contribution in [1.82, 2.24) is 10.6 Å². The zero-order valence-corrected chi connectivity index (χ0v) is 20.0. The Labute approximate surface area is 200 Å². The van der Waals surface area contributed by atoms with Crippen molar-refractivity contribution in [2.24, 2.45) is 11.8 Å². The first-order valence-electron chi connectivity index (χ1n) is 11.8. The van der Waals surface area contributed by atoms with Gasteiger partial charge < -0.3 is 20.5 Å². The molecule has 0 spiro atoms. The number of fused-ring (bicyclic) bond motifs is 3. The molecule has 2 amide bonds. The van der Waals surface area contributed by atoms with Gasteiger partial charge in [-0.2, -0.15) is 0 Å². The van der Waals surface area contributed by atoms with Gasteiger partial charge in [0.15, 0.2) is 0 Å². The van der Waals surface area contributed by atoms with Crippen LogP contribution < -0.4 is 10.6 Å². The topological polar surface area (TPSA) is 105 Å². The number of carbonyl (C=O) groups is 3. The highest BCUT2D eigenvalue weighted by Crippen LogP contribution is 2.44. The Morgan fingerprint density at radius 3 is 2.09 bits per heavy atom. The van der Waals surface area contributed by atoms with E-state index < -0.39 is 18.1 Å². The van der Waals surface area contributed by atoms with Gasteiger partial charge in [0.2, 0.25) is 5.91 Å². The third-order valence-electron chi connectivity index (χ3n) is 6.06. The van der Waals surface area contributed by atoms with Gasteiger partial charge in [0, 0.05) is 31.3 Å². The first kappa shape index (κ1) is 25.3. The number of benzene rings is 2. The fourth-order valence-electron chi connectivity index (χ4n) is 4.65. The molecule has 1 aliphatic carbocycles. The predicted octanol–water partition coefficient (Wildman–Crippen LogP) is 4.56. The molecule has 2 aromatic rings. The normalized spacial score (nSPS) is 14.1. The first-order chi connectivity index (χ1) is 16.2. The van der Waals surface area contributed by atoms with Crippen LogP contribution in [0.5, 0.6) is 0 Å². The molecule has 34 heavy (non-hydrogen) atoms. The van der Waals surface area contributed by atoms with E-state index in [-0.39, 0.29) is 37.2 Å². The molecule has 2 atom stereocenters. The average Bonchev–Trinajstić information content (AvgIpc) is 3.09. The molecule has 0 aromatic heterocycles. The van der Waals surface area contributed by atoms with Crippen molar-refractivity contribution in [1.29, 1.82) is 0 Å². The van der Waals surface area contributed by atoms with Crippen LogP contribution >= 0.6 is 0 Å². The number of carboxylic acid groups (broad SMARTS) is 1. The Hall–Kier alpha value is -3.35. The van der Waals surface area contributed by atoms with E-state index in [2.05, 4.69) is 34.9 Å². The minimum absolute atomic E-state index is 0.0199. The minimum atomic E-state index is -0.870. The number of rotatable bonds is 11. The zero-order valence-electron chi connectivity index (χ0n) is 20.0. The molecule has 1 unspecified atom stereocenters. The van der Waals surface area contributed by atoms with Gasteiger partial charge in [0.1, 0.15) is 6.61 Å². The molecule has 0 bridgehead atoms. The Balaban J connectivity index is 1.46. The highest BCUT2D eigenvalue weighted by Gasteiger charge is 2.29. The van der Waals surface area contributed by atoms with Crippen molar-refractivity contribution in [3.05, 3.63) is 59.7 Å². The number of carbonyl (C=O) groups excluding carboxylic acids is 2. The molecule has 2 aromatic carbocycles. The van der Waals surface area contributed by atoms with Crippen molar-refractivity contribution in [3.8, 4) is 11.1 Å². The van der Waals surface area contributed by atoms with Gasteiger partial charge in [-0.05, 0) is 47.4 Å². The monoisotopic (exact) mass is 466 g/mol. The molecule has 7 heteroatoms. The molecule has 0 heterocycles. The molecule has 182 valence electrons. The van der Waals surface area contributed by atoms with Crippen LogP contribution in [0, 0.1) is 11.8 Å². The van der Waals surface area contributed by atoms with Crippen LogP contribution in [0.4, 0.5) is 4.79 Å². The Bertz CT molecular complexity index is 974. The van der Waals surface area contributed by atoms with Crippen molar-refractivity contribution in [3.63, 3.8) is 0 Å². The van der Waals surface area contributed by atoms with E-state index in [4.69, 9.17) is 9.84 Å². The summed E-state index contributed by atoms with van der Waals surface area (Å²) >= 11 is 0. The second-order valence-electron chi connectivity index (χ2n) is 9.47. The van der Waals surface area contributed by atoms with Gasteiger partial charge in [-0.3, -0.25) is 9.59 Å². The third kappa shape index (κ3) is 6.83. The summed E-state index contributed by atoms with van der Waals surface area (Å²) in [6.45, 7) is 6.31. The SMILES string of the molecule is CC(C)CC(CNC(=O)C[C@H](C)NC(=O)OCC1c2ccccc2-c2ccccc21)CC(=O)O. The number of aliphatic carboxylic acids is 1. The van der Waals surface area contributed by atoms with Gasteiger partial charge in [0.05, 0.1) is 0 Å². The molecule has 3 rings (SSSR count). The molecule has 7 nitrogen and oxygen atoms in total. The van der Waals surface area contributed by atoms with Gasteiger partial charge in [-0.1, -0.05) is 62.4 Å². The lowest BCUT2D eigenvalue weighted by Crippen LogP contribution is -2.39. The number of hydrogen-bond donors (Lipinski definition) is 3. The Kier molecular flexibility index (Phi) is 8.68. The highest BCUT2D eigenvalue weighted by atomic mass is 16.5. The van der Waals surface area contributed by atoms with E-state index in [1.54, 1.807) is 6.92 Å². The Morgan fingerprint density at radius 1 is 0.941 bits per heavy atom. The lowest BCUT2D eigenvalue weighted by molar-refractivity contribution is -0.138. The van der Waals surface area contributed by atoms with E-state index >= 15 is 0 Å². The third-order valence-corrected chi connectivity index (χ3v) is 6.06. The van der Waals surface area contributed by atoms with Gasteiger partial charge in [-0.15, -0.1) is 0 Å². The lowest BCUT2D eigenvalue weighted by Gasteiger charge is -2.19. The fraction of sp³-hybridized carbons (Fsp3) is 0.444. The molecular formula is C27H34N2O5. The summed E-state index contributed by atoms with van der Waals surface area (Å²) in [6.07, 6.45) is 0.267. The minimum Gasteiger partial charge on any atom is -0.481 e. The van der Waals surface area contributed by atoms with Crippen LogP contribution in [-0.4, -0.2) is 42.3 Å². The smallest absolute Gasteiger partial charge is 0.407 e. The molecule has 0 saturated heterocycles. The number of hydrogen-bond acceptors (Lipinski definition) is 4. The number of ether oxygens (including phenoxy) is 1. The average molecular weight is 467 g/mol. The summed E-state index contributed by atoms with van der Waals surface area (Å²) < 4.78 is 5.53. The van der Waals surface area contributed by atoms with Crippen molar-refractivity contribution >= 4 is 18.0 Å². The van der Waals surface area contributed by atoms with Gasteiger partial charge in [-0.25, -0.2) is 4.79 Å². The van der Waals surface area contributed by atoms with Crippen molar-refractivity contribution in [2.75, 3.05) is 13.2 Å². The van der Waals surface area contributed by atoms with E-state index in [0.717, 1.165) is 28.7 Å². The second-order valence-corrected chi connectivity index (χ2v) is 9.47. The molecule has 0 aliphatic heterocycles. The molecule has 0 saturated carbocycles. The zero-order chi connectivity index (χ0) is 24.7. The quantitative estimate of drug-likeness (QED) is 0.450. The maximum atomic E-state index is 12.4. The predicted molar refractivity (Wildman–Crippen MR) is 130 cm³/mol. The van der Waals surface area contributed by atoms with Crippen LogP contribution in [0.15, 0.2) is 48.5 Å². The summed E-state index contributed by atoms with van der Waals surface area (Å²) in [7, 11) is 0. The van der Waals surface area contributed by atoms with Crippen LogP contribution in [0.2, 0.25) is 0 Å². The van der Waals surface area contributed by atoms with Crippen LogP contribution in [0.3, 0.4) is 0 Å². The van der Waals surface area contributed by atoms with Crippen LogP contribution in [0.1, 0.15) is 57.1 Å². The first-order valence-corrected chi connectivity index (χ1v) is 11.8. The van der Waals surface area contributed by atoms with E-state index in [1.807, 2.05) is 38.1 Å². The molecule has 3 N–H and O–H groups in total. The second kappa shape index (κ2) is 11.7. The largest absolute Gasteiger partial charge is 0.481 e. The van der Waals surface area contributed by atoms with E-state index in [9.17, 15) is 14.4 Å². The maximum absolute atomic E-state index is 12.4. The van der Waals surface area contributed by atoms with Gasteiger partial charge >= 0.3 is 12.1 Å². The number of carboxylic acids is 1. The van der Waals surface area contributed by atoms with Crippen molar-refractivity contribution in [2.45, 2.75) is 52.0 Å². The summed E-state index contributed by atoms with van der Waals surface area (Å²) in [5, 5.41) is 14.6. The van der Waals surface area contributed by atoms with Crippen molar-refractivity contribution < 1.29 is 24.2 Å². The van der Waals surface area contributed by atoms with Crippen LogP contribution in [-0.2, 0) is 14.3 Å². The van der Waals surface area contributed by atoms with Crippen LogP contribution in [0.25, 0.3) is 11.1 Å². The summed E-state index contributed by atoms with van der Waals surface area (Å²) in [5.74, 6) is -0.901. The number of alkyl carbamates (subject to hydrolysis) is 1. The molecular weight excluding hydrogens is 432 g/mol. The van der Waals surface area contributed by atoms with E-state index in [1.165, 1.54) is 0 Å². The Morgan fingerprint density at radius 2 is 1.53 bits per heavy atom. The number of amides is 2. The fourth-order valence-corrected chi connectivity index (χ4v) is 4.65. The lowest BCUT2D eigenvalue weighted by atomic mass is 9.94. The summed E-state index contributed by atoms with van der Waals surface area (Å²) in [6, 6.07) is 15.8. The molecule has 0 fully saturated rings. The molecule has 0 radical (unpaired) electrons. The maximum Gasteiger partial charge on any atom is 0.407 e. The summed E-state index contributed by atoms with van der Waals surface area (Å²) in [4.78, 5) is 35.7. The highest BCUT2D eigenvalue weighted by molar-refractivity contribution is 5.79. The summed E-state index contributed by atoms with van der Waals surface area (Å²) in [5.41, 5.74) is 4.61. The molecule has 1 aliphatic rings. The van der Waals surface area contributed by atoms with Gasteiger partial charge in [0.25, 0.3) is 0 Å². The number of nitrogens with one attached hydrogen (secondary N) is 2.